The van der Waals surface area contributed by atoms with Crippen molar-refractivity contribution in [3.8, 4) is 0 Å². The average molecular weight is 214 g/mol. The molecular formula is C11H22N2O2. The minimum Gasteiger partial charge on any atom is -0.392 e. The van der Waals surface area contributed by atoms with E-state index in [1.54, 1.807) is 0 Å². The maximum absolute atomic E-state index is 11.4. The van der Waals surface area contributed by atoms with Crippen molar-refractivity contribution in [2.24, 2.45) is 5.92 Å². The molecule has 1 aliphatic rings. The van der Waals surface area contributed by atoms with E-state index in [0.717, 1.165) is 19.3 Å². The number of aliphatic hydroxyl groups excluding tert-OH is 1. The molecule has 0 aromatic heterocycles. The third kappa shape index (κ3) is 4.62. The largest absolute Gasteiger partial charge is 0.392 e. The molecule has 0 saturated heterocycles. The van der Waals surface area contributed by atoms with Crippen LogP contribution >= 0.6 is 0 Å². The molecular weight excluding hydrogens is 192 g/mol. The van der Waals surface area contributed by atoms with E-state index < -0.39 is 0 Å². The van der Waals surface area contributed by atoms with Gasteiger partial charge < -0.3 is 15.7 Å². The van der Waals surface area contributed by atoms with Gasteiger partial charge in [0.25, 0.3) is 0 Å². The van der Waals surface area contributed by atoms with Crippen molar-refractivity contribution < 1.29 is 9.90 Å². The van der Waals surface area contributed by atoms with Gasteiger partial charge in [-0.2, -0.15) is 0 Å². The molecule has 4 nitrogen and oxygen atoms in total. The SMILES string of the molecule is CC(C)CNC(=O)CNC1CCCC1O. The zero-order chi connectivity index (χ0) is 11.3. The number of hydrogen-bond acceptors (Lipinski definition) is 3. The molecule has 1 saturated carbocycles. The number of carbonyl (C=O) groups excluding carboxylic acids is 1. The molecule has 1 amide bonds. The molecule has 0 aromatic carbocycles. The van der Waals surface area contributed by atoms with Crippen LogP contribution in [0.1, 0.15) is 33.1 Å². The van der Waals surface area contributed by atoms with E-state index >= 15 is 0 Å². The van der Waals surface area contributed by atoms with Gasteiger partial charge in [0.1, 0.15) is 0 Å². The first-order chi connectivity index (χ1) is 7.09. The smallest absolute Gasteiger partial charge is 0.233 e. The Morgan fingerprint density at radius 3 is 2.73 bits per heavy atom. The van der Waals surface area contributed by atoms with Crippen LogP contribution in [0.3, 0.4) is 0 Å². The van der Waals surface area contributed by atoms with Gasteiger partial charge in [0, 0.05) is 12.6 Å². The molecule has 2 atom stereocenters. The molecule has 0 spiro atoms. The number of carbonyl (C=O) groups is 1. The summed E-state index contributed by atoms with van der Waals surface area (Å²) in [6, 6.07) is 0.106. The Balaban J connectivity index is 2.11. The van der Waals surface area contributed by atoms with Crippen LogP contribution in [0, 0.1) is 5.92 Å². The number of amides is 1. The maximum Gasteiger partial charge on any atom is 0.233 e. The first-order valence-electron chi connectivity index (χ1n) is 5.77. The minimum atomic E-state index is -0.275. The van der Waals surface area contributed by atoms with Gasteiger partial charge in [-0.05, 0) is 25.2 Å². The monoisotopic (exact) mass is 214 g/mol. The molecule has 0 bridgehead atoms. The number of nitrogens with one attached hydrogen (secondary N) is 2. The Hall–Kier alpha value is -0.610. The summed E-state index contributed by atoms with van der Waals surface area (Å²) in [5.74, 6) is 0.494. The van der Waals surface area contributed by atoms with Crippen molar-refractivity contribution in [3.05, 3.63) is 0 Å². The fourth-order valence-electron chi connectivity index (χ4n) is 1.78. The summed E-state index contributed by atoms with van der Waals surface area (Å²) in [7, 11) is 0. The van der Waals surface area contributed by atoms with Crippen molar-refractivity contribution in [1.29, 1.82) is 0 Å². The van der Waals surface area contributed by atoms with Gasteiger partial charge in [-0.15, -0.1) is 0 Å². The lowest BCUT2D eigenvalue weighted by atomic mass is 10.2. The second-order valence-electron chi connectivity index (χ2n) is 4.68. The maximum atomic E-state index is 11.4. The van der Waals surface area contributed by atoms with E-state index in [1.165, 1.54) is 0 Å². The van der Waals surface area contributed by atoms with Crippen LogP contribution in [-0.2, 0) is 4.79 Å². The zero-order valence-electron chi connectivity index (χ0n) is 9.62. The first-order valence-corrected chi connectivity index (χ1v) is 5.77. The highest BCUT2D eigenvalue weighted by Crippen LogP contribution is 2.18. The molecule has 1 aliphatic carbocycles. The van der Waals surface area contributed by atoms with E-state index in [9.17, 15) is 9.90 Å². The molecule has 0 radical (unpaired) electrons. The summed E-state index contributed by atoms with van der Waals surface area (Å²) in [5, 5.41) is 15.5. The molecule has 0 heterocycles. The number of aliphatic hydroxyl groups is 1. The van der Waals surface area contributed by atoms with Crippen LogP contribution in [-0.4, -0.2) is 36.2 Å². The predicted octanol–water partition coefficient (Wildman–Crippen LogP) is 0.262. The van der Waals surface area contributed by atoms with Crippen LogP contribution < -0.4 is 10.6 Å². The lowest BCUT2D eigenvalue weighted by Gasteiger charge is -2.16. The normalized spacial score (nSPS) is 25.9. The Bertz CT molecular complexity index is 207. The summed E-state index contributed by atoms with van der Waals surface area (Å²) in [6.45, 7) is 5.16. The van der Waals surface area contributed by atoms with Crippen LogP contribution in [0.25, 0.3) is 0 Å². The second kappa shape index (κ2) is 6.08. The molecule has 1 fully saturated rings. The molecule has 0 aromatic rings. The number of rotatable bonds is 5. The van der Waals surface area contributed by atoms with E-state index in [4.69, 9.17) is 0 Å². The highest BCUT2D eigenvalue weighted by atomic mass is 16.3. The number of hydrogen-bond donors (Lipinski definition) is 3. The summed E-state index contributed by atoms with van der Waals surface area (Å²) < 4.78 is 0. The molecule has 3 N–H and O–H groups in total. The highest BCUT2D eigenvalue weighted by molar-refractivity contribution is 5.78. The Labute approximate surface area is 91.4 Å². The third-order valence-electron chi connectivity index (χ3n) is 2.71. The topological polar surface area (TPSA) is 61.4 Å². The quantitative estimate of drug-likeness (QED) is 0.615. The van der Waals surface area contributed by atoms with E-state index in [2.05, 4.69) is 24.5 Å². The third-order valence-corrected chi connectivity index (χ3v) is 2.71. The van der Waals surface area contributed by atoms with Gasteiger partial charge >= 0.3 is 0 Å². The van der Waals surface area contributed by atoms with Gasteiger partial charge in [0.05, 0.1) is 12.6 Å². The van der Waals surface area contributed by atoms with Crippen molar-refractivity contribution in [2.45, 2.75) is 45.3 Å². The first kappa shape index (κ1) is 12.5. The van der Waals surface area contributed by atoms with Crippen LogP contribution in [0.2, 0.25) is 0 Å². The van der Waals surface area contributed by atoms with E-state index in [-0.39, 0.29) is 18.1 Å². The van der Waals surface area contributed by atoms with Crippen LogP contribution in [0.5, 0.6) is 0 Å². The predicted molar refractivity (Wildman–Crippen MR) is 59.5 cm³/mol. The van der Waals surface area contributed by atoms with Gasteiger partial charge in [0.2, 0.25) is 5.91 Å². The van der Waals surface area contributed by atoms with Crippen molar-refractivity contribution in [1.82, 2.24) is 10.6 Å². The summed E-state index contributed by atoms with van der Waals surface area (Å²) in [6.07, 6.45) is 2.60. The molecule has 1 rings (SSSR count). The van der Waals surface area contributed by atoms with E-state index in [0.29, 0.717) is 19.0 Å². The van der Waals surface area contributed by atoms with E-state index in [1.807, 2.05) is 0 Å². The van der Waals surface area contributed by atoms with Crippen molar-refractivity contribution >= 4 is 5.91 Å². The molecule has 88 valence electrons. The zero-order valence-corrected chi connectivity index (χ0v) is 9.62. The summed E-state index contributed by atoms with van der Waals surface area (Å²) in [5.41, 5.74) is 0. The van der Waals surface area contributed by atoms with Crippen molar-refractivity contribution in [2.75, 3.05) is 13.1 Å². The van der Waals surface area contributed by atoms with Crippen molar-refractivity contribution in [3.63, 3.8) is 0 Å². The second-order valence-corrected chi connectivity index (χ2v) is 4.68. The highest BCUT2D eigenvalue weighted by Gasteiger charge is 2.24. The summed E-state index contributed by atoms with van der Waals surface area (Å²) >= 11 is 0. The van der Waals surface area contributed by atoms with Gasteiger partial charge in [-0.1, -0.05) is 13.8 Å². The molecule has 2 unspecified atom stereocenters. The fourth-order valence-corrected chi connectivity index (χ4v) is 1.78. The average Bonchev–Trinajstić information content (AvgIpc) is 2.58. The lowest BCUT2D eigenvalue weighted by Crippen LogP contribution is -2.43. The van der Waals surface area contributed by atoms with Crippen LogP contribution in [0.15, 0.2) is 0 Å². The Kier molecular flexibility index (Phi) is 5.05. The molecule has 4 heteroatoms. The molecule has 15 heavy (non-hydrogen) atoms. The standard InChI is InChI=1S/C11H22N2O2/c1-8(2)6-13-11(15)7-12-9-4-3-5-10(9)14/h8-10,12,14H,3-7H2,1-2H3,(H,13,15). The summed E-state index contributed by atoms with van der Waals surface area (Å²) in [4.78, 5) is 11.4. The van der Waals surface area contributed by atoms with Gasteiger partial charge in [-0.3, -0.25) is 4.79 Å². The Morgan fingerprint density at radius 1 is 1.47 bits per heavy atom. The van der Waals surface area contributed by atoms with Gasteiger partial charge in [-0.25, -0.2) is 0 Å². The molecule has 0 aliphatic heterocycles. The minimum absolute atomic E-state index is 0.0165. The fraction of sp³-hybridized carbons (Fsp3) is 0.909. The lowest BCUT2D eigenvalue weighted by molar-refractivity contribution is -0.120. The van der Waals surface area contributed by atoms with Crippen LogP contribution in [0.4, 0.5) is 0 Å². The van der Waals surface area contributed by atoms with Gasteiger partial charge in [0.15, 0.2) is 0 Å². The Morgan fingerprint density at radius 2 is 2.20 bits per heavy atom.